The Balaban J connectivity index is 2.96. The highest BCUT2D eigenvalue weighted by molar-refractivity contribution is 6.04. The van der Waals surface area contributed by atoms with Crippen LogP contribution in [0.5, 0.6) is 0 Å². The van der Waals surface area contributed by atoms with Crippen LogP contribution in [0, 0.1) is 18.6 Å². The van der Waals surface area contributed by atoms with E-state index in [0.29, 0.717) is 11.3 Å². The highest BCUT2D eigenvalue weighted by Gasteiger charge is 2.20. The van der Waals surface area contributed by atoms with Gasteiger partial charge in [-0.1, -0.05) is 13.8 Å². The molecule has 2 aromatic rings. The molecule has 0 saturated heterocycles. The van der Waals surface area contributed by atoms with Crippen LogP contribution in [-0.4, -0.2) is 16.1 Å². The number of hydrogen-bond donors (Lipinski definition) is 1. The number of carboxylic acid groups (broad SMARTS) is 1. The molecule has 1 N–H and O–H groups in total. The largest absolute Gasteiger partial charge is 0.478 e. The molecule has 0 bridgehead atoms. The Kier molecular flexibility index (Phi) is 3.22. The zero-order chi connectivity index (χ0) is 14.3. The second kappa shape index (κ2) is 4.57. The summed E-state index contributed by atoms with van der Waals surface area (Å²) in [4.78, 5) is 15.6. The molecule has 2 rings (SSSR count). The van der Waals surface area contributed by atoms with E-state index in [2.05, 4.69) is 4.98 Å². The predicted octanol–water partition coefficient (Wildman–Crippen LogP) is 3.64. The molecule has 0 spiro atoms. The minimum atomic E-state index is -1.17. The molecule has 19 heavy (non-hydrogen) atoms. The first-order valence-corrected chi connectivity index (χ1v) is 5.85. The molecule has 0 aliphatic heterocycles. The normalized spacial score (nSPS) is 11.3. The van der Waals surface area contributed by atoms with E-state index in [1.165, 1.54) is 0 Å². The van der Waals surface area contributed by atoms with Crippen molar-refractivity contribution in [1.29, 1.82) is 0 Å². The summed E-state index contributed by atoms with van der Waals surface area (Å²) >= 11 is 0. The molecule has 100 valence electrons. The highest BCUT2D eigenvalue weighted by atomic mass is 19.2. The van der Waals surface area contributed by atoms with Gasteiger partial charge in [-0.05, 0) is 24.5 Å². The van der Waals surface area contributed by atoms with Gasteiger partial charge in [0.05, 0.1) is 11.1 Å². The van der Waals surface area contributed by atoms with Crippen LogP contribution in [0.2, 0.25) is 0 Å². The Bertz CT molecular complexity index is 681. The summed E-state index contributed by atoms with van der Waals surface area (Å²) in [6, 6.07) is 1.82. The van der Waals surface area contributed by atoms with E-state index in [1.807, 2.05) is 13.8 Å². The fourth-order valence-corrected chi connectivity index (χ4v) is 2.21. The average Bonchev–Trinajstić information content (AvgIpc) is 2.29. The maximum absolute atomic E-state index is 13.3. The Morgan fingerprint density at radius 3 is 2.37 bits per heavy atom. The molecule has 0 atom stereocenters. The maximum Gasteiger partial charge on any atom is 0.336 e. The number of fused-ring (bicyclic) bond motifs is 1. The van der Waals surface area contributed by atoms with Crippen molar-refractivity contribution >= 4 is 16.9 Å². The number of carbonyl (C=O) groups is 1. The summed E-state index contributed by atoms with van der Waals surface area (Å²) in [5.41, 5.74) is 1.20. The van der Waals surface area contributed by atoms with E-state index in [4.69, 9.17) is 0 Å². The summed E-state index contributed by atoms with van der Waals surface area (Å²) in [6.07, 6.45) is 0. The molecule has 0 aliphatic rings. The third-order valence-corrected chi connectivity index (χ3v) is 3.07. The van der Waals surface area contributed by atoms with Gasteiger partial charge in [0, 0.05) is 17.1 Å². The first kappa shape index (κ1) is 13.4. The number of halogens is 2. The third kappa shape index (κ3) is 2.16. The predicted molar refractivity (Wildman–Crippen MR) is 67.4 cm³/mol. The Hall–Kier alpha value is -2.04. The monoisotopic (exact) mass is 265 g/mol. The SMILES string of the molecule is Cc1c(C(C)C)nc2cc(F)c(F)cc2c1C(=O)O. The molecule has 1 heterocycles. The number of rotatable bonds is 2. The molecule has 0 unspecified atom stereocenters. The summed E-state index contributed by atoms with van der Waals surface area (Å²) in [5.74, 6) is -3.28. The first-order valence-electron chi connectivity index (χ1n) is 5.85. The van der Waals surface area contributed by atoms with Gasteiger partial charge >= 0.3 is 5.97 Å². The van der Waals surface area contributed by atoms with Crippen LogP contribution in [0.15, 0.2) is 12.1 Å². The van der Waals surface area contributed by atoms with Crippen LogP contribution in [0.1, 0.15) is 41.4 Å². The molecule has 0 radical (unpaired) electrons. The van der Waals surface area contributed by atoms with Crippen molar-refractivity contribution in [3.05, 3.63) is 40.6 Å². The first-order chi connectivity index (χ1) is 8.82. The Labute approximate surface area is 108 Å². The van der Waals surface area contributed by atoms with Crippen molar-refractivity contribution in [2.24, 2.45) is 0 Å². The topological polar surface area (TPSA) is 50.2 Å². The van der Waals surface area contributed by atoms with Crippen LogP contribution in [-0.2, 0) is 0 Å². The lowest BCUT2D eigenvalue weighted by atomic mass is 9.96. The van der Waals surface area contributed by atoms with E-state index in [-0.39, 0.29) is 22.4 Å². The summed E-state index contributed by atoms with van der Waals surface area (Å²) < 4.78 is 26.5. The van der Waals surface area contributed by atoms with Crippen LogP contribution in [0.4, 0.5) is 8.78 Å². The molecular weight excluding hydrogens is 252 g/mol. The lowest BCUT2D eigenvalue weighted by molar-refractivity contribution is 0.0698. The van der Waals surface area contributed by atoms with Crippen LogP contribution in [0.25, 0.3) is 10.9 Å². The number of nitrogens with zero attached hydrogens (tertiary/aromatic N) is 1. The minimum absolute atomic E-state index is 0.00406. The summed E-state index contributed by atoms with van der Waals surface area (Å²) in [5, 5.41) is 9.40. The number of pyridine rings is 1. The number of hydrogen-bond acceptors (Lipinski definition) is 2. The molecule has 3 nitrogen and oxygen atoms in total. The standard InChI is InChI=1S/C14H13F2NO2/c1-6(2)13-7(3)12(14(18)19)8-4-9(15)10(16)5-11(8)17-13/h4-6H,1-3H3,(H,18,19). The molecular formula is C14H13F2NO2. The number of aromatic nitrogens is 1. The van der Waals surface area contributed by atoms with Gasteiger partial charge in [0.25, 0.3) is 0 Å². The van der Waals surface area contributed by atoms with Crippen LogP contribution >= 0.6 is 0 Å². The quantitative estimate of drug-likeness (QED) is 0.901. The Morgan fingerprint density at radius 2 is 1.84 bits per heavy atom. The van der Waals surface area contributed by atoms with Crippen molar-refractivity contribution in [2.45, 2.75) is 26.7 Å². The van der Waals surface area contributed by atoms with Gasteiger partial charge in [-0.3, -0.25) is 4.98 Å². The second-order valence-electron chi connectivity index (χ2n) is 4.74. The van der Waals surface area contributed by atoms with Crippen LogP contribution < -0.4 is 0 Å². The van der Waals surface area contributed by atoms with Crippen LogP contribution in [0.3, 0.4) is 0 Å². The highest BCUT2D eigenvalue weighted by Crippen LogP contribution is 2.28. The fourth-order valence-electron chi connectivity index (χ4n) is 2.21. The summed E-state index contributed by atoms with van der Waals surface area (Å²) in [7, 11) is 0. The van der Waals surface area contributed by atoms with E-state index in [0.717, 1.165) is 12.1 Å². The molecule has 1 aromatic carbocycles. The zero-order valence-corrected chi connectivity index (χ0v) is 10.8. The van der Waals surface area contributed by atoms with Gasteiger partial charge in [-0.25, -0.2) is 13.6 Å². The van der Waals surface area contributed by atoms with Crippen molar-refractivity contribution in [3.63, 3.8) is 0 Å². The number of carboxylic acids is 1. The maximum atomic E-state index is 13.3. The number of aromatic carboxylic acids is 1. The van der Waals surface area contributed by atoms with Gasteiger partial charge in [0.15, 0.2) is 11.6 Å². The third-order valence-electron chi connectivity index (χ3n) is 3.07. The average molecular weight is 265 g/mol. The van der Waals surface area contributed by atoms with Crippen molar-refractivity contribution in [1.82, 2.24) is 4.98 Å². The van der Waals surface area contributed by atoms with Crippen molar-refractivity contribution in [3.8, 4) is 0 Å². The molecule has 0 amide bonds. The van der Waals surface area contributed by atoms with E-state index in [9.17, 15) is 18.7 Å². The van der Waals surface area contributed by atoms with Gasteiger partial charge in [-0.15, -0.1) is 0 Å². The minimum Gasteiger partial charge on any atom is -0.478 e. The Morgan fingerprint density at radius 1 is 1.26 bits per heavy atom. The van der Waals surface area contributed by atoms with E-state index >= 15 is 0 Å². The number of benzene rings is 1. The molecule has 0 aliphatic carbocycles. The van der Waals surface area contributed by atoms with Crippen molar-refractivity contribution in [2.75, 3.05) is 0 Å². The molecule has 1 aromatic heterocycles. The fraction of sp³-hybridized carbons (Fsp3) is 0.286. The van der Waals surface area contributed by atoms with E-state index in [1.54, 1.807) is 6.92 Å². The smallest absolute Gasteiger partial charge is 0.336 e. The molecule has 0 fully saturated rings. The van der Waals surface area contributed by atoms with Gasteiger partial charge in [0.2, 0.25) is 0 Å². The van der Waals surface area contributed by atoms with Gasteiger partial charge < -0.3 is 5.11 Å². The zero-order valence-electron chi connectivity index (χ0n) is 10.8. The second-order valence-corrected chi connectivity index (χ2v) is 4.74. The van der Waals surface area contributed by atoms with Gasteiger partial charge in [-0.2, -0.15) is 0 Å². The lowest BCUT2D eigenvalue weighted by Crippen LogP contribution is -2.08. The van der Waals surface area contributed by atoms with Crippen molar-refractivity contribution < 1.29 is 18.7 Å². The summed E-state index contributed by atoms with van der Waals surface area (Å²) in [6.45, 7) is 5.37. The van der Waals surface area contributed by atoms with Gasteiger partial charge in [0.1, 0.15) is 0 Å². The molecule has 0 saturated carbocycles. The van der Waals surface area contributed by atoms with E-state index < -0.39 is 17.6 Å². The lowest BCUT2D eigenvalue weighted by Gasteiger charge is -2.14. The molecule has 5 heteroatoms.